The van der Waals surface area contributed by atoms with Crippen LogP contribution in [0.5, 0.6) is 5.75 Å². The van der Waals surface area contributed by atoms with E-state index in [1.165, 1.54) is 5.56 Å². The van der Waals surface area contributed by atoms with E-state index in [4.69, 9.17) is 4.74 Å². The van der Waals surface area contributed by atoms with Crippen molar-refractivity contribution in [2.24, 2.45) is 0 Å². The number of rotatable bonds is 5. The molecule has 6 heteroatoms. The SMILES string of the molecule is CC(=O)N1CCN(CCCOc2ccc3c(c2)NC(=O)CC3)CC1. The Bertz CT molecular complexity index is 610. The third kappa shape index (κ3) is 4.26. The van der Waals surface area contributed by atoms with E-state index in [0.29, 0.717) is 13.0 Å². The lowest BCUT2D eigenvalue weighted by molar-refractivity contribution is -0.130. The molecule has 2 aliphatic rings. The van der Waals surface area contributed by atoms with Gasteiger partial charge in [-0.2, -0.15) is 0 Å². The number of fused-ring (bicyclic) bond motifs is 1. The number of ether oxygens (including phenoxy) is 1. The molecule has 130 valence electrons. The van der Waals surface area contributed by atoms with Gasteiger partial charge in [0.1, 0.15) is 5.75 Å². The van der Waals surface area contributed by atoms with Gasteiger partial charge in [0.2, 0.25) is 11.8 Å². The predicted molar refractivity (Wildman–Crippen MR) is 92.2 cm³/mol. The Morgan fingerprint density at radius 1 is 1.21 bits per heavy atom. The van der Waals surface area contributed by atoms with Gasteiger partial charge >= 0.3 is 0 Å². The molecule has 0 atom stereocenters. The molecular formula is C18H25N3O3. The molecule has 1 N–H and O–H groups in total. The van der Waals surface area contributed by atoms with Crippen LogP contribution in [-0.4, -0.2) is 60.9 Å². The molecule has 0 aliphatic carbocycles. The molecule has 2 aliphatic heterocycles. The predicted octanol–water partition coefficient (Wildman–Crippen LogP) is 1.50. The summed E-state index contributed by atoms with van der Waals surface area (Å²) in [6.07, 6.45) is 2.31. The summed E-state index contributed by atoms with van der Waals surface area (Å²) in [6, 6.07) is 5.92. The van der Waals surface area contributed by atoms with Crippen molar-refractivity contribution in [3.63, 3.8) is 0 Å². The highest BCUT2D eigenvalue weighted by Gasteiger charge is 2.18. The zero-order valence-electron chi connectivity index (χ0n) is 14.2. The van der Waals surface area contributed by atoms with E-state index in [2.05, 4.69) is 10.2 Å². The molecule has 0 saturated carbocycles. The fourth-order valence-corrected chi connectivity index (χ4v) is 3.21. The number of carbonyl (C=O) groups excluding carboxylic acids is 2. The molecule has 3 rings (SSSR count). The maximum atomic E-state index is 11.5. The van der Waals surface area contributed by atoms with E-state index in [9.17, 15) is 9.59 Å². The topological polar surface area (TPSA) is 61.9 Å². The maximum absolute atomic E-state index is 11.5. The van der Waals surface area contributed by atoms with Crippen LogP contribution in [0.25, 0.3) is 0 Å². The lowest BCUT2D eigenvalue weighted by Gasteiger charge is -2.34. The summed E-state index contributed by atoms with van der Waals surface area (Å²) >= 11 is 0. The Hall–Kier alpha value is -2.08. The monoisotopic (exact) mass is 331 g/mol. The Labute approximate surface area is 142 Å². The van der Waals surface area contributed by atoms with E-state index in [0.717, 1.165) is 57.0 Å². The van der Waals surface area contributed by atoms with Gasteiger partial charge in [0, 0.05) is 57.8 Å². The van der Waals surface area contributed by atoms with Crippen molar-refractivity contribution in [1.82, 2.24) is 9.80 Å². The van der Waals surface area contributed by atoms with Crippen molar-refractivity contribution in [3.05, 3.63) is 23.8 Å². The van der Waals surface area contributed by atoms with Crippen LogP contribution in [-0.2, 0) is 16.0 Å². The van der Waals surface area contributed by atoms with Crippen LogP contribution >= 0.6 is 0 Å². The van der Waals surface area contributed by atoms with Crippen molar-refractivity contribution in [3.8, 4) is 5.75 Å². The van der Waals surface area contributed by atoms with Crippen molar-refractivity contribution in [1.29, 1.82) is 0 Å². The van der Waals surface area contributed by atoms with Gasteiger partial charge in [-0.3, -0.25) is 14.5 Å². The second-order valence-electron chi connectivity index (χ2n) is 6.42. The van der Waals surface area contributed by atoms with E-state index < -0.39 is 0 Å². The number of aryl methyl sites for hydroxylation is 1. The molecule has 1 aromatic carbocycles. The summed E-state index contributed by atoms with van der Waals surface area (Å²) in [5.41, 5.74) is 2.05. The van der Waals surface area contributed by atoms with Gasteiger partial charge in [-0.1, -0.05) is 6.07 Å². The first-order valence-corrected chi connectivity index (χ1v) is 8.65. The molecule has 6 nitrogen and oxygen atoms in total. The lowest BCUT2D eigenvalue weighted by Crippen LogP contribution is -2.48. The molecule has 0 aromatic heterocycles. The summed E-state index contributed by atoms with van der Waals surface area (Å²) in [5, 5.41) is 2.90. The molecule has 0 unspecified atom stereocenters. The number of nitrogens with zero attached hydrogens (tertiary/aromatic N) is 2. The number of piperazine rings is 1. The zero-order valence-corrected chi connectivity index (χ0v) is 14.2. The molecule has 1 fully saturated rings. The third-order valence-electron chi connectivity index (χ3n) is 4.68. The van der Waals surface area contributed by atoms with Gasteiger partial charge < -0.3 is 15.0 Å². The Kier molecular flexibility index (Phi) is 5.35. The van der Waals surface area contributed by atoms with Gasteiger partial charge in [-0.05, 0) is 24.5 Å². The van der Waals surface area contributed by atoms with E-state index in [1.807, 2.05) is 23.1 Å². The van der Waals surface area contributed by atoms with Gasteiger partial charge in [0.25, 0.3) is 0 Å². The smallest absolute Gasteiger partial charge is 0.224 e. The molecule has 0 bridgehead atoms. The van der Waals surface area contributed by atoms with Gasteiger partial charge in [0.05, 0.1) is 6.61 Å². The summed E-state index contributed by atoms with van der Waals surface area (Å²) in [7, 11) is 0. The Balaban J connectivity index is 1.39. The molecule has 2 amide bonds. The van der Waals surface area contributed by atoms with E-state index in [1.54, 1.807) is 6.92 Å². The first-order valence-electron chi connectivity index (χ1n) is 8.65. The molecular weight excluding hydrogens is 306 g/mol. The van der Waals surface area contributed by atoms with E-state index >= 15 is 0 Å². The largest absolute Gasteiger partial charge is 0.493 e. The molecule has 2 heterocycles. The number of amides is 2. The quantitative estimate of drug-likeness (QED) is 0.831. The van der Waals surface area contributed by atoms with Crippen molar-refractivity contribution >= 4 is 17.5 Å². The minimum Gasteiger partial charge on any atom is -0.493 e. The first-order chi connectivity index (χ1) is 11.6. The number of hydrogen-bond donors (Lipinski definition) is 1. The summed E-state index contributed by atoms with van der Waals surface area (Å²) < 4.78 is 5.82. The van der Waals surface area contributed by atoms with Crippen molar-refractivity contribution < 1.29 is 14.3 Å². The van der Waals surface area contributed by atoms with E-state index in [-0.39, 0.29) is 11.8 Å². The second kappa shape index (κ2) is 7.66. The number of hydrogen-bond acceptors (Lipinski definition) is 4. The highest BCUT2D eigenvalue weighted by atomic mass is 16.5. The minimum absolute atomic E-state index is 0.0735. The van der Waals surface area contributed by atoms with Gasteiger partial charge in [0.15, 0.2) is 0 Å². The Morgan fingerprint density at radius 3 is 2.75 bits per heavy atom. The van der Waals surface area contributed by atoms with Crippen LogP contribution in [0.3, 0.4) is 0 Å². The molecule has 24 heavy (non-hydrogen) atoms. The lowest BCUT2D eigenvalue weighted by atomic mass is 10.0. The number of anilines is 1. The standard InChI is InChI=1S/C18H25N3O3/c1-14(22)21-10-8-20(9-11-21)7-2-12-24-16-5-3-15-4-6-18(23)19-17(15)13-16/h3,5,13H,2,4,6-12H2,1H3,(H,19,23). The molecule has 0 spiro atoms. The maximum Gasteiger partial charge on any atom is 0.224 e. The second-order valence-corrected chi connectivity index (χ2v) is 6.42. The Morgan fingerprint density at radius 2 is 2.00 bits per heavy atom. The van der Waals surface area contributed by atoms with Crippen molar-refractivity contribution in [2.45, 2.75) is 26.2 Å². The minimum atomic E-state index is 0.0735. The van der Waals surface area contributed by atoms with Crippen LogP contribution in [0.4, 0.5) is 5.69 Å². The van der Waals surface area contributed by atoms with Gasteiger partial charge in [-0.25, -0.2) is 0 Å². The third-order valence-corrected chi connectivity index (χ3v) is 4.68. The number of nitrogens with one attached hydrogen (secondary N) is 1. The van der Waals surface area contributed by atoms with Crippen LogP contribution < -0.4 is 10.1 Å². The fourth-order valence-electron chi connectivity index (χ4n) is 3.21. The summed E-state index contributed by atoms with van der Waals surface area (Å²) in [6.45, 7) is 6.77. The average Bonchev–Trinajstić information content (AvgIpc) is 2.58. The number of carbonyl (C=O) groups is 2. The average molecular weight is 331 g/mol. The van der Waals surface area contributed by atoms with Gasteiger partial charge in [-0.15, -0.1) is 0 Å². The highest BCUT2D eigenvalue weighted by Crippen LogP contribution is 2.27. The normalized spacial score (nSPS) is 18.0. The highest BCUT2D eigenvalue weighted by molar-refractivity contribution is 5.94. The van der Waals surface area contributed by atoms with Crippen molar-refractivity contribution in [2.75, 3.05) is 44.6 Å². The molecule has 1 saturated heterocycles. The number of benzene rings is 1. The molecule has 0 radical (unpaired) electrons. The molecule has 1 aromatic rings. The summed E-state index contributed by atoms with van der Waals surface area (Å²) in [5.74, 6) is 1.04. The summed E-state index contributed by atoms with van der Waals surface area (Å²) in [4.78, 5) is 27.0. The van der Waals surface area contributed by atoms with Crippen LogP contribution in [0.2, 0.25) is 0 Å². The zero-order chi connectivity index (χ0) is 16.9. The van der Waals surface area contributed by atoms with Crippen LogP contribution in [0.15, 0.2) is 18.2 Å². The van der Waals surface area contributed by atoms with Crippen LogP contribution in [0, 0.1) is 0 Å². The fraction of sp³-hybridized carbons (Fsp3) is 0.556. The first kappa shape index (κ1) is 16.8. The van der Waals surface area contributed by atoms with Crippen LogP contribution in [0.1, 0.15) is 25.3 Å².